The van der Waals surface area contributed by atoms with Gasteiger partial charge in [0, 0.05) is 44.0 Å². The molecule has 0 unspecified atom stereocenters. The maximum atomic E-state index is 15.1. The number of aromatic nitrogens is 2. The van der Waals surface area contributed by atoms with Crippen LogP contribution in [0.2, 0.25) is 0 Å². The van der Waals surface area contributed by atoms with E-state index in [9.17, 15) is 18.0 Å². The third-order valence-electron chi connectivity index (χ3n) is 6.56. The number of benzene rings is 1. The first-order valence-corrected chi connectivity index (χ1v) is 15.1. The highest BCUT2D eigenvalue weighted by Gasteiger charge is 2.30. The Labute approximate surface area is 244 Å². The van der Waals surface area contributed by atoms with E-state index in [0.717, 1.165) is 0 Å². The fraction of sp³-hybridized carbons (Fsp3) is 0.464. The van der Waals surface area contributed by atoms with Gasteiger partial charge in [-0.15, -0.1) is 0 Å². The summed E-state index contributed by atoms with van der Waals surface area (Å²) < 4.78 is 60.1. The van der Waals surface area contributed by atoms with Crippen molar-refractivity contribution in [3.05, 3.63) is 42.0 Å². The molecular formula is C28H36FN5O7S. The van der Waals surface area contributed by atoms with Gasteiger partial charge in [0.15, 0.2) is 11.6 Å². The van der Waals surface area contributed by atoms with E-state index in [-0.39, 0.29) is 28.7 Å². The summed E-state index contributed by atoms with van der Waals surface area (Å²) in [6.45, 7) is 8.31. The zero-order valence-electron chi connectivity index (χ0n) is 24.6. The molecule has 1 aliphatic heterocycles. The predicted molar refractivity (Wildman–Crippen MR) is 155 cm³/mol. The van der Waals surface area contributed by atoms with Gasteiger partial charge in [-0.25, -0.2) is 22.6 Å². The molecule has 0 radical (unpaired) electrons. The lowest BCUT2D eigenvalue weighted by molar-refractivity contribution is 0.0140. The van der Waals surface area contributed by atoms with Gasteiger partial charge in [0.25, 0.3) is 5.91 Å². The van der Waals surface area contributed by atoms with Crippen molar-refractivity contribution in [1.82, 2.24) is 19.2 Å². The minimum atomic E-state index is -3.74. The molecule has 14 heteroatoms. The number of amides is 2. The molecule has 1 N–H and O–H groups in total. The quantitative estimate of drug-likeness (QED) is 0.408. The van der Waals surface area contributed by atoms with Crippen LogP contribution in [0.4, 0.5) is 14.9 Å². The number of pyridine rings is 1. The van der Waals surface area contributed by atoms with Crippen molar-refractivity contribution in [3.8, 4) is 22.8 Å². The lowest BCUT2D eigenvalue weighted by Gasteiger charge is -2.35. The molecule has 1 fully saturated rings. The second-order valence-electron chi connectivity index (χ2n) is 10.8. The van der Waals surface area contributed by atoms with Crippen molar-refractivity contribution >= 4 is 33.4 Å². The van der Waals surface area contributed by atoms with Crippen LogP contribution in [0.15, 0.2) is 30.6 Å². The van der Waals surface area contributed by atoms with E-state index in [1.807, 2.05) is 0 Å². The second kappa shape index (κ2) is 12.0. The minimum absolute atomic E-state index is 0.0523. The Balaban J connectivity index is 1.67. The summed E-state index contributed by atoms with van der Waals surface area (Å²) in [5, 5.41) is 0. The molecule has 1 aliphatic rings. The van der Waals surface area contributed by atoms with Gasteiger partial charge in [0.1, 0.15) is 17.0 Å². The van der Waals surface area contributed by atoms with Crippen molar-refractivity contribution < 1.29 is 36.6 Å². The molecular weight excluding hydrogens is 569 g/mol. The van der Waals surface area contributed by atoms with Gasteiger partial charge in [-0.1, -0.05) is 6.92 Å². The van der Waals surface area contributed by atoms with Crippen LogP contribution in [-0.4, -0.2) is 91.4 Å². The van der Waals surface area contributed by atoms with E-state index < -0.39 is 27.5 Å². The lowest BCUT2D eigenvalue weighted by atomic mass is 10.1. The van der Waals surface area contributed by atoms with Crippen LogP contribution < -0.4 is 14.2 Å². The number of fused-ring (bicyclic) bond motifs is 1. The van der Waals surface area contributed by atoms with E-state index in [4.69, 9.17) is 14.2 Å². The van der Waals surface area contributed by atoms with Crippen LogP contribution in [-0.2, 0) is 14.8 Å². The van der Waals surface area contributed by atoms with Gasteiger partial charge in [-0.2, -0.15) is 0 Å². The van der Waals surface area contributed by atoms with Gasteiger partial charge in [0.2, 0.25) is 10.0 Å². The highest BCUT2D eigenvalue weighted by atomic mass is 32.2. The Morgan fingerprint density at radius 3 is 2.31 bits per heavy atom. The first kappa shape index (κ1) is 30.9. The third-order valence-corrected chi connectivity index (χ3v) is 8.04. The molecule has 0 spiro atoms. The van der Waals surface area contributed by atoms with Gasteiger partial charge in [-0.3, -0.25) is 13.9 Å². The average molecular weight is 606 g/mol. The number of hydrogen-bond acceptors (Lipinski definition) is 8. The van der Waals surface area contributed by atoms with Crippen LogP contribution in [0, 0.1) is 5.82 Å². The number of anilines is 1. The van der Waals surface area contributed by atoms with Crippen molar-refractivity contribution in [2.75, 3.05) is 50.9 Å². The molecule has 12 nitrogen and oxygen atoms in total. The average Bonchev–Trinajstić information content (AvgIpc) is 3.33. The summed E-state index contributed by atoms with van der Waals surface area (Å²) in [4.78, 5) is 33.6. The lowest BCUT2D eigenvalue weighted by Crippen LogP contribution is -2.51. The number of sulfonamides is 1. The molecule has 4 rings (SSSR count). The van der Waals surface area contributed by atoms with E-state index in [2.05, 4.69) is 9.71 Å². The molecule has 2 amide bonds. The van der Waals surface area contributed by atoms with Crippen LogP contribution in [0.1, 0.15) is 44.5 Å². The summed E-state index contributed by atoms with van der Waals surface area (Å²) in [6, 6.07) is 4.26. The number of piperazine rings is 1. The van der Waals surface area contributed by atoms with Gasteiger partial charge in [-0.05, 0) is 39.3 Å². The Kier molecular flexibility index (Phi) is 8.85. The van der Waals surface area contributed by atoms with Gasteiger partial charge < -0.3 is 24.0 Å². The third kappa shape index (κ3) is 6.69. The maximum Gasteiger partial charge on any atom is 0.410 e. The fourth-order valence-corrected chi connectivity index (χ4v) is 5.78. The molecule has 0 aliphatic carbocycles. The zero-order chi connectivity index (χ0) is 30.8. The van der Waals surface area contributed by atoms with E-state index in [1.54, 1.807) is 54.2 Å². The van der Waals surface area contributed by atoms with E-state index >= 15 is 4.39 Å². The number of halogens is 1. The van der Waals surface area contributed by atoms with Crippen molar-refractivity contribution in [1.29, 1.82) is 0 Å². The standard InChI is InChI=1S/C28H36FN5O7S/c1-7-12-42(37,38)31-21-14-18(13-20(29)25(21)40-6)22-16-30-24-15-23(39-5)19(17-34(22)24)26(35)32-8-10-33(11-9-32)27(36)41-28(2,3)4/h13-17,31H,7-12H2,1-6H3. The molecule has 0 atom stereocenters. The molecule has 1 aromatic carbocycles. The Morgan fingerprint density at radius 1 is 1.05 bits per heavy atom. The van der Waals surface area contributed by atoms with E-state index in [0.29, 0.717) is 55.3 Å². The smallest absolute Gasteiger partial charge is 0.410 e. The monoisotopic (exact) mass is 605 g/mol. The largest absolute Gasteiger partial charge is 0.496 e. The molecule has 0 bridgehead atoms. The highest BCUT2D eigenvalue weighted by Crippen LogP contribution is 2.35. The molecule has 228 valence electrons. The number of nitrogens with zero attached hydrogens (tertiary/aromatic N) is 4. The Hall–Kier alpha value is -4.07. The van der Waals surface area contributed by atoms with Crippen molar-refractivity contribution in [2.45, 2.75) is 39.7 Å². The molecule has 42 heavy (non-hydrogen) atoms. The number of carbonyl (C=O) groups is 2. The molecule has 1 saturated heterocycles. The normalized spacial score (nSPS) is 14.2. The van der Waals surface area contributed by atoms with Crippen LogP contribution in [0.5, 0.6) is 11.5 Å². The second-order valence-corrected chi connectivity index (χ2v) is 12.7. The number of nitrogens with one attached hydrogen (secondary N) is 1. The number of imidazole rings is 1. The van der Waals surface area contributed by atoms with Crippen molar-refractivity contribution in [2.24, 2.45) is 0 Å². The van der Waals surface area contributed by atoms with Gasteiger partial charge >= 0.3 is 6.09 Å². The minimum Gasteiger partial charge on any atom is -0.496 e. The first-order chi connectivity index (χ1) is 19.8. The fourth-order valence-electron chi connectivity index (χ4n) is 4.65. The van der Waals surface area contributed by atoms with Crippen molar-refractivity contribution in [3.63, 3.8) is 0 Å². The topological polar surface area (TPSA) is 132 Å². The molecule has 0 saturated carbocycles. The van der Waals surface area contributed by atoms with Crippen LogP contribution in [0.3, 0.4) is 0 Å². The SMILES string of the molecule is CCCS(=O)(=O)Nc1cc(-c2cnc3cc(OC)c(C(=O)N4CCN(C(=O)OC(C)(C)C)CC4)cn23)cc(F)c1OC. The first-order valence-electron chi connectivity index (χ1n) is 13.5. The maximum absolute atomic E-state index is 15.1. The number of hydrogen-bond donors (Lipinski definition) is 1. The highest BCUT2D eigenvalue weighted by molar-refractivity contribution is 7.92. The van der Waals surface area contributed by atoms with Crippen LogP contribution >= 0.6 is 0 Å². The number of methoxy groups -OCH3 is 2. The summed E-state index contributed by atoms with van der Waals surface area (Å²) >= 11 is 0. The zero-order valence-corrected chi connectivity index (χ0v) is 25.4. The summed E-state index contributed by atoms with van der Waals surface area (Å²) in [7, 11) is -1.04. The van der Waals surface area contributed by atoms with Crippen LogP contribution in [0.25, 0.3) is 16.9 Å². The molecule has 3 heterocycles. The Bertz CT molecular complexity index is 1590. The number of carbonyl (C=O) groups excluding carboxylic acids is 2. The predicted octanol–water partition coefficient (Wildman–Crippen LogP) is 4.00. The number of rotatable bonds is 8. The number of ether oxygens (including phenoxy) is 3. The van der Waals surface area contributed by atoms with Gasteiger partial charge in [0.05, 0.1) is 43.1 Å². The van der Waals surface area contributed by atoms with E-state index in [1.165, 1.54) is 32.5 Å². The molecule has 2 aromatic heterocycles. The molecule has 3 aromatic rings. The summed E-state index contributed by atoms with van der Waals surface area (Å²) in [5.74, 6) is -1.17. The Morgan fingerprint density at radius 2 is 1.71 bits per heavy atom. The summed E-state index contributed by atoms with van der Waals surface area (Å²) in [5.41, 5.74) is 0.718. The summed E-state index contributed by atoms with van der Waals surface area (Å²) in [6.07, 6.45) is 3.00.